The van der Waals surface area contributed by atoms with Crippen molar-refractivity contribution >= 4 is 23.1 Å². The van der Waals surface area contributed by atoms with Gasteiger partial charge in [-0.2, -0.15) is 0 Å². The van der Waals surface area contributed by atoms with Gasteiger partial charge in [0.15, 0.2) is 5.78 Å². The van der Waals surface area contributed by atoms with Crippen LogP contribution in [0.3, 0.4) is 0 Å². The minimum Gasteiger partial charge on any atom is -0.492 e. The number of halogens is 2. The van der Waals surface area contributed by atoms with E-state index >= 15 is 0 Å². The standard InChI is InChI=1S/C17H22ClFN2O2/c18-13-10-12(16-11(15(13)20)2-1-9-23-16)14(22)3-4-17(19)5-7-21-8-6-17/h10,21H,1-9,20H2. The summed E-state index contributed by atoms with van der Waals surface area (Å²) < 4.78 is 20.3. The van der Waals surface area contributed by atoms with E-state index < -0.39 is 5.67 Å². The average molecular weight is 341 g/mol. The molecule has 0 bridgehead atoms. The summed E-state index contributed by atoms with van der Waals surface area (Å²) >= 11 is 6.16. The molecule has 1 aromatic rings. The van der Waals surface area contributed by atoms with Gasteiger partial charge in [0.2, 0.25) is 0 Å². The molecule has 2 aliphatic rings. The number of ether oxygens (including phenoxy) is 1. The number of hydrogen-bond donors (Lipinski definition) is 2. The van der Waals surface area contributed by atoms with Crippen molar-refractivity contribution in [1.29, 1.82) is 0 Å². The molecule has 4 nitrogen and oxygen atoms in total. The highest BCUT2D eigenvalue weighted by molar-refractivity contribution is 6.33. The van der Waals surface area contributed by atoms with Gasteiger partial charge in [0.1, 0.15) is 11.4 Å². The predicted molar refractivity (Wildman–Crippen MR) is 89.2 cm³/mol. The Morgan fingerprint density at radius 2 is 2.17 bits per heavy atom. The van der Waals surface area contributed by atoms with E-state index in [4.69, 9.17) is 22.1 Å². The molecule has 3 rings (SSSR count). The zero-order chi connectivity index (χ0) is 16.4. The Balaban J connectivity index is 1.78. The Labute approximate surface area is 140 Å². The van der Waals surface area contributed by atoms with Crippen molar-refractivity contribution in [3.8, 4) is 5.75 Å². The number of carbonyl (C=O) groups excluding carboxylic acids is 1. The fraction of sp³-hybridized carbons (Fsp3) is 0.588. The smallest absolute Gasteiger partial charge is 0.166 e. The van der Waals surface area contributed by atoms with Crippen LogP contribution in [-0.4, -0.2) is 31.1 Å². The largest absolute Gasteiger partial charge is 0.492 e. The third-order valence-corrected chi connectivity index (χ3v) is 5.10. The first-order chi connectivity index (χ1) is 11.0. The number of anilines is 1. The summed E-state index contributed by atoms with van der Waals surface area (Å²) in [6.07, 6.45) is 2.91. The number of rotatable bonds is 4. The van der Waals surface area contributed by atoms with Crippen LogP contribution in [0.15, 0.2) is 6.07 Å². The fourth-order valence-electron chi connectivity index (χ4n) is 3.34. The molecular formula is C17H22ClFN2O2. The maximum atomic E-state index is 14.7. The van der Waals surface area contributed by atoms with Gasteiger partial charge in [-0.15, -0.1) is 0 Å². The molecule has 0 unspecified atom stereocenters. The lowest BCUT2D eigenvalue weighted by Gasteiger charge is -2.30. The van der Waals surface area contributed by atoms with Crippen molar-refractivity contribution in [1.82, 2.24) is 5.32 Å². The lowest BCUT2D eigenvalue weighted by atomic mass is 9.87. The lowest BCUT2D eigenvalue weighted by Crippen LogP contribution is -2.38. The van der Waals surface area contributed by atoms with Crippen LogP contribution in [-0.2, 0) is 6.42 Å². The first-order valence-electron chi connectivity index (χ1n) is 8.17. The number of nitrogens with one attached hydrogen (secondary N) is 1. The monoisotopic (exact) mass is 340 g/mol. The Morgan fingerprint density at radius 1 is 1.43 bits per heavy atom. The number of ketones is 1. The lowest BCUT2D eigenvalue weighted by molar-refractivity contribution is 0.0825. The van der Waals surface area contributed by atoms with E-state index in [0.29, 0.717) is 54.6 Å². The van der Waals surface area contributed by atoms with Crippen LogP contribution in [0.1, 0.15) is 48.0 Å². The fourth-order valence-corrected chi connectivity index (χ4v) is 3.56. The number of nitrogen functional groups attached to an aromatic ring is 1. The molecule has 1 fully saturated rings. The molecule has 126 valence electrons. The summed E-state index contributed by atoms with van der Waals surface area (Å²) in [5, 5.41) is 3.51. The summed E-state index contributed by atoms with van der Waals surface area (Å²) in [4.78, 5) is 12.6. The van der Waals surface area contributed by atoms with Crippen LogP contribution in [0.5, 0.6) is 5.75 Å². The normalized spacial score (nSPS) is 19.7. The van der Waals surface area contributed by atoms with E-state index in [1.807, 2.05) is 0 Å². The van der Waals surface area contributed by atoms with E-state index in [1.165, 1.54) is 0 Å². The number of piperidine rings is 1. The second-order valence-electron chi connectivity index (χ2n) is 6.40. The van der Waals surface area contributed by atoms with Crippen molar-refractivity contribution in [2.24, 2.45) is 0 Å². The predicted octanol–water partition coefficient (Wildman–Crippen LogP) is 3.30. The SMILES string of the molecule is Nc1c(Cl)cc(C(=O)CCC2(F)CCNCC2)c2c1CCCO2. The molecule has 0 saturated carbocycles. The molecule has 1 saturated heterocycles. The van der Waals surface area contributed by atoms with Crippen LogP contribution in [0.4, 0.5) is 10.1 Å². The minimum absolute atomic E-state index is 0.124. The summed E-state index contributed by atoms with van der Waals surface area (Å²) in [5.41, 5.74) is 6.48. The summed E-state index contributed by atoms with van der Waals surface area (Å²) in [7, 11) is 0. The van der Waals surface area contributed by atoms with Gasteiger partial charge in [0.05, 0.1) is 22.9 Å². The quantitative estimate of drug-likeness (QED) is 0.652. The van der Waals surface area contributed by atoms with Gasteiger partial charge < -0.3 is 15.8 Å². The molecule has 0 aromatic heterocycles. The van der Waals surface area contributed by atoms with Crippen LogP contribution >= 0.6 is 11.6 Å². The van der Waals surface area contributed by atoms with Crippen LogP contribution in [0.2, 0.25) is 5.02 Å². The number of carbonyl (C=O) groups is 1. The number of fused-ring (bicyclic) bond motifs is 1. The first kappa shape index (κ1) is 16.5. The molecule has 0 aliphatic carbocycles. The van der Waals surface area contributed by atoms with E-state index in [9.17, 15) is 9.18 Å². The van der Waals surface area contributed by atoms with E-state index in [1.54, 1.807) is 6.07 Å². The maximum Gasteiger partial charge on any atom is 0.166 e. The molecule has 3 N–H and O–H groups in total. The molecular weight excluding hydrogens is 319 g/mol. The van der Waals surface area contributed by atoms with Gasteiger partial charge in [-0.25, -0.2) is 4.39 Å². The van der Waals surface area contributed by atoms with E-state index in [0.717, 1.165) is 18.4 Å². The van der Waals surface area contributed by atoms with Crippen molar-refractivity contribution in [3.05, 3.63) is 22.2 Å². The van der Waals surface area contributed by atoms with Gasteiger partial charge in [0.25, 0.3) is 0 Å². The Kier molecular flexibility index (Phi) is 4.78. The van der Waals surface area contributed by atoms with Gasteiger partial charge in [-0.3, -0.25) is 4.79 Å². The van der Waals surface area contributed by atoms with Crippen molar-refractivity contribution < 1.29 is 13.9 Å². The van der Waals surface area contributed by atoms with Crippen LogP contribution in [0.25, 0.3) is 0 Å². The Morgan fingerprint density at radius 3 is 2.91 bits per heavy atom. The number of Topliss-reactive ketones (excluding diaryl/α,β-unsaturated/α-hetero) is 1. The number of benzene rings is 1. The summed E-state index contributed by atoms with van der Waals surface area (Å²) in [6.45, 7) is 1.89. The molecule has 2 heterocycles. The van der Waals surface area contributed by atoms with Crippen LogP contribution < -0.4 is 15.8 Å². The number of hydrogen-bond acceptors (Lipinski definition) is 4. The maximum absolute atomic E-state index is 14.7. The number of alkyl halides is 1. The third kappa shape index (κ3) is 3.45. The van der Waals surface area contributed by atoms with Gasteiger partial charge in [-0.1, -0.05) is 11.6 Å². The molecule has 0 spiro atoms. The second kappa shape index (κ2) is 6.65. The van der Waals surface area contributed by atoms with Crippen molar-refractivity contribution in [2.45, 2.75) is 44.2 Å². The van der Waals surface area contributed by atoms with Gasteiger partial charge in [-0.05, 0) is 51.3 Å². The Hall–Kier alpha value is -1.33. The molecule has 0 amide bonds. The van der Waals surface area contributed by atoms with Crippen molar-refractivity contribution in [3.63, 3.8) is 0 Å². The molecule has 1 aromatic carbocycles. The molecule has 2 aliphatic heterocycles. The van der Waals surface area contributed by atoms with E-state index in [2.05, 4.69) is 5.32 Å². The average Bonchev–Trinajstić information content (AvgIpc) is 2.57. The molecule has 23 heavy (non-hydrogen) atoms. The summed E-state index contributed by atoms with van der Waals surface area (Å²) in [5.74, 6) is 0.418. The van der Waals surface area contributed by atoms with Gasteiger partial charge in [0, 0.05) is 12.0 Å². The van der Waals surface area contributed by atoms with E-state index in [-0.39, 0.29) is 18.6 Å². The number of nitrogens with two attached hydrogens (primary N) is 1. The highest BCUT2D eigenvalue weighted by atomic mass is 35.5. The third-order valence-electron chi connectivity index (χ3n) is 4.79. The minimum atomic E-state index is -1.25. The van der Waals surface area contributed by atoms with Gasteiger partial charge >= 0.3 is 0 Å². The Bertz CT molecular complexity index is 615. The highest BCUT2D eigenvalue weighted by Crippen LogP contribution is 2.39. The summed E-state index contributed by atoms with van der Waals surface area (Å²) in [6, 6.07) is 1.57. The highest BCUT2D eigenvalue weighted by Gasteiger charge is 2.33. The second-order valence-corrected chi connectivity index (χ2v) is 6.81. The zero-order valence-corrected chi connectivity index (χ0v) is 13.8. The topological polar surface area (TPSA) is 64.4 Å². The molecule has 0 radical (unpaired) electrons. The first-order valence-corrected chi connectivity index (χ1v) is 8.54. The molecule has 0 atom stereocenters. The van der Waals surface area contributed by atoms with Crippen LogP contribution in [0, 0.1) is 0 Å². The zero-order valence-electron chi connectivity index (χ0n) is 13.1. The molecule has 6 heteroatoms. The van der Waals surface area contributed by atoms with Crippen molar-refractivity contribution in [2.75, 3.05) is 25.4 Å².